The molecule has 118 valence electrons. The Morgan fingerprint density at radius 3 is 3.00 bits per heavy atom. The molecule has 2 rings (SSSR count). The molecule has 2 atom stereocenters. The second-order valence-corrected chi connectivity index (χ2v) is 6.40. The summed E-state index contributed by atoms with van der Waals surface area (Å²) >= 11 is 0. The van der Waals surface area contributed by atoms with E-state index in [-0.39, 0.29) is 0 Å². The predicted molar refractivity (Wildman–Crippen MR) is 86.3 cm³/mol. The maximum atomic E-state index is 6.15. The monoisotopic (exact) mass is 291 g/mol. The second-order valence-electron chi connectivity index (χ2n) is 6.40. The lowest BCUT2D eigenvalue weighted by molar-refractivity contribution is 0.0927. The first-order valence-electron chi connectivity index (χ1n) is 8.17. The molecule has 0 aliphatic carbocycles. The van der Waals surface area contributed by atoms with Gasteiger partial charge in [0.15, 0.2) is 0 Å². The van der Waals surface area contributed by atoms with Crippen LogP contribution in [0.1, 0.15) is 45.6 Å². The van der Waals surface area contributed by atoms with E-state index in [1.807, 2.05) is 12.3 Å². The molecule has 0 saturated carbocycles. The minimum atomic E-state index is 0.346. The second kappa shape index (κ2) is 7.76. The summed E-state index contributed by atoms with van der Waals surface area (Å²) in [6.45, 7) is 9.42. The van der Waals surface area contributed by atoms with Crippen molar-refractivity contribution < 1.29 is 4.74 Å². The van der Waals surface area contributed by atoms with Crippen LogP contribution in [-0.4, -0.2) is 35.1 Å². The maximum absolute atomic E-state index is 6.15. The van der Waals surface area contributed by atoms with Crippen LogP contribution in [0.3, 0.4) is 0 Å². The molecule has 2 N–H and O–H groups in total. The number of pyridine rings is 1. The van der Waals surface area contributed by atoms with Gasteiger partial charge in [-0.15, -0.1) is 0 Å². The first kappa shape index (κ1) is 16.2. The Bertz CT molecular complexity index is 436. The summed E-state index contributed by atoms with van der Waals surface area (Å²) in [5.74, 6) is 1.59. The SMILES string of the molecule is CCCOc1ccncc1CN1CCC(N)CC1C(C)C. The fraction of sp³-hybridized carbons (Fsp3) is 0.706. The standard InChI is InChI=1S/C17H29N3O/c1-4-9-21-17-5-7-19-11-14(17)12-20-8-6-15(18)10-16(20)13(2)3/h5,7,11,13,15-16H,4,6,8-10,12,18H2,1-3H3. The van der Waals surface area contributed by atoms with Gasteiger partial charge in [0.05, 0.1) is 6.61 Å². The molecule has 1 aromatic heterocycles. The van der Waals surface area contributed by atoms with Crippen molar-refractivity contribution >= 4 is 0 Å². The molecule has 2 heterocycles. The van der Waals surface area contributed by atoms with Gasteiger partial charge in [-0.1, -0.05) is 20.8 Å². The highest BCUT2D eigenvalue weighted by Gasteiger charge is 2.29. The summed E-state index contributed by atoms with van der Waals surface area (Å²) < 4.78 is 5.85. The van der Waals surface area contributed by atoms with Gasteiger partial charge in [-0.25, -0.2) is 0 Å². The first-order chi connectivity index (χ1) is 10.1. The molecule has 4 nitrogen and oxygen atoms in total. The van der Waals surface area contributed by atoms with Gasteiger partial charge in [0.2, 0.25) is 0 Å². The summed E-state index contributed by atoms with van der Waals surface area (Å²) in [7, 11) is 0. The van der Waals surface area contributed by atoms with Crippen LogP contribution in [0.5, 0.6) is 5.75 Å². The number of hydrogen-bond donors (Lipinski definition) is 1. The number of piperidine rings is 1. The van der Waals surface area contributed by atoms with Gasteiger partial charge in [-0.2, -0.15) is 0 Å². The highest BCUT2D eigenvalue weighted by molar-refractivity contribution is 5.30. The van der Waals surface area contributed by atoms with E-state index in [9.17, 15) is 0 Å². The summed E-state index contributed by atoms with van der Waals surface area (Å²) in [5.41, 5.74) is 7.34. The minimum Gasteiger partial charge on any atom is -0.493 e. The molecule has 0 aromatic carbocycles. The van der Waals surface area contributed by atoms with Gasteiger partial charge in [0.25, 0.3) is 0 Å². The molecule has 0 amide bonds. The third kappa shape index (κ3) is 4.42. The first-order valence-corrected chi connectivity index (χ1v) is 8.17. The van der Waals surface area contributed by atoms with Crippen molar-refractivity contribution in [2.24, 2.45) is 11.7 Å². The summed E-state index contributed by atoms with van der Waals surface area (Å²) in [4.78, 5) is 6.82. The quantitative estimate of drug-likeness (QED) is 0.875. The van der Waals surface area contributed by atoms with Crippen molar-refractivity contribution in [3.63, 3.8) is 0 Å². The topological polar surface area (TPSA) is 51.4 Å². The van der Waals surface area contributed by atoms with Crippen LogP contribution in [-0.2, 0) is 6.54 Å². The molecule has 0 radical (unpaired) electrons. The highest BCUT2D eigenvalue weighted by Crippen LogP contribution is 2.27. The lowest BCUT2D eigenvalue weighted by Crippen LogP contribution is -2.48. The molecule has 1 fully saturated rings. The largest absolute Gasteiger partial charge is 0.493 e. The Hall–Kier alpha value is -1.13. The van der Waals surface area contributed by atoms with E-state index >= 15 is 0 Å². The van der Waals surface area contributed by atoms with Crippen molar-refractivity contribution in [1.29, 1.82) is 0 Å². The Morgan fingerprint density at radius 1 is 1.48 bits per heavy atom. The molecule has 0 spiro atoms. The lowest BCUT2D eigenvalue weighted by Gasteiger charge is -2.40. The van der Waals surface area contributed by atoms with Crippen molar-refractivity contribution in [2.45, 2.75) is 58.7 Å². The zero-order valence-electron chi connectivity index (χ0n) is 13.6. The molecule has 21 heavy (non-hydrogen) atoms. The van der Waals surface area contributed by atoms with E-state index < -0.39 is 0 Å². The average molecular weight is 291 g/mol. The van der Waals surface area contributed by atoms with E-state index in [1.54, 1.807) is 6.20 Å². The fourth-order valence-electron chi connectivity index (χ4n) is 3.07. The van der Waals surface area contributed by atoms with E-state index in [0.717, 1.165) is 44.7 Å². The molecule has 4 heteroatoms. The summed E-state index contributed by atoms with van der Waals surface area (Å²) in [5, 5.41) is 0. The Balaban J connectivity index is 2.09. The van der Waals surface area contributed by atoms with Crippen molar-refractivity contribution in [3.8, 4) is 5.75 Å². The van der Waals surface area contributed by atoms with Gasteiger partial charge in [0.1, 0.15) is 5.75 Å². The van der Waals surface area contributed by atoms with Crippen LogP contribution in [0.4, 0.5) is 0 Å². The number of hydrogen-bond acceptors (Lipinski definition) is 4. The van der Waals surface area contributed by atoms with Crippen molar-refractivity contribution in [3.05, 3.63) is 24.0 Å². The Kier molecular flexibility index (Phi) is 6.00. The van der Waals surface area contributed by atoms with Crippen LogP contribution in [0.15, 0.2) is 18.5 Å². The Labute approximate surface area is 128 Å². The number of nitrogens with zero attached hydrogens (tertiary/aromatic N) is 2. The smallest absolute Gasteiger partial charge is 0.126 e. The summed E-state index contributed by atoms with van der Waals surface area (Å²) in [6, 6.07) is 2.87. The predicted octanol–water partition coefficient (Wildman–Crippen LogP) is 2.82. The molecular weight excluding hydrogens is 262 g/mol. The molecule has 1 aliphatic heterocycles. The molecular formula is C17H29N3O. The third-order valence-corrected chi connectivity index (χ3v) is 4.26. The minimum absolute atomic E-state index is 0.346. The number of nitrogens with two attached hydrogens (primary N) is 1. The van der Waals surface area contributed by atoms with E-state index in [4.69, 9.17) is 10.5 Å². The number of likely N-dealkylation sites (tertiary alicyclic amines) is 1. The molecule has 0 bridgehead atoms. The van der Waals surface area contributed by atoms with Crippen LogP contribution in [0, 0.1) is 5.92 Å². The van der Waals surface area contributed by atoms with Gasteiger partial charge < -0.3 is 10.5 Å². The highest BCUT2D eigenvalue weighted by atomic mass is 16.5. The third-order valence-electron chi connectivity index (χ3n) is 4.26. The molecule has 1 aromatic rings. The van der Waals surface area contributed by atoms with Crippen molar-refractivity contribution in [2.75, 3.05) is 13.2 Å². The average Bonchev–Trinajstić information content (AvgIpc) is 2.48. The Morgan fingerprint density at radius 2 is 2.29 bits per heavy atom. The zero-order chi connectivity index (χ0) is 15.2. The lowest BCUT2D eigenvalue weighted by atomic mass is 9.89. The van der Waals surface area contributed by atoms with Gasteiger partial charge in [-0.3, -0.25) is 9.88 Å². The number of aromatic nitrogens is 1. The van der Waals surface area contributed by atoms with Crippen LogP contribution in [0.2, 0.25) is 0 Å². The van der Waals surface area contributed by atoms with E-state index in [1.165, 1.54) is 5.56 Å². The number of ether oxygens (including phenoxy) is 1. The van der Waals surface area contributed by atoms with E-state index in [2.05, 4.69) is 30.7 Å². The number of rotatable bonds is 6. The fourth-order valence-corrected chi connectivity index (χ4v) is 3.07. The van der Waals surface area contributed by atoms with Crippen LogP contribution < -0.4 is 10.5 Å². The van der Waals surface area contributed by atoms with Crippen molar-refractivity contribution in [1.82, 2.24) is 9.88 Å². The van der Waals surface area contributed by atoms with Gasteiger partial charge in [-0.05, 0) is 31.2 Å². The maximum Gasteiger partial charge on any atom is 0.126 e. The molecule has 2 unspecified atom stereocenters. The van der Waals surface area contributed by atoms with Gasteiger partial charge >= 0.3 is 0 Å². The van der Waals surface area contributed by atoms with Gasteiger partial charge in [0, 0.05) is 43.1 Å². The van der Waals surface area contributed by atoms with Crippen LogP contribution >= 0.6 is 0 Å². The normalized spacial score (nSPS) is 23.5. The zero-order valence-corrected chi connectivity index (χ0v) is 13.6. The van der Waals surface area contributed by atoms with Crippen LogP contribution in [0.25, 0.3) is 0 Å². The molecule has 1 saturated heterocycles. The summed E-state index contributed by atoms with van der Waals surface area (Å²) in [6.07, 6.45) is 6.93. The van der Waals surface area contributed by atoms with E-state index in [0.29, 0.717) is 18.0 Å². The molecule has 1 aliphatic rings.